The quantitative estimate of drug-likeness (QED) is 0.519. The zero-order valence-corrected chi connectivity index (χ0v) is 17.3. The number of ether oxygens (including phenoxy) is 1. The molecule has 3 aromatic heterocycles. The number of aryl methyl sites for hydroxylation is 3. The molecule has 0 bridgehead atoms. The van der Waals surface area contributed by atoms with Crippen molar-refractivity contribution in [1.82, 2.24) is 19.5 Å². The minimum absolute atomic E-state index is 0.173. The second kappa shape index (κ2) is 8.00. The molecule has 0 atom stereocenters. The smallest absolute Gasteiger partial charge is 0.266 e. The van der Waals surface area contributed by atoms with E-state index in [4.69, 9.17) is 4.74 Å². The number of carbonyl (C=O) groups excluding carboxylic acids is 1. The number of hydrogen-bond acceptors (Lipinski definition) is 6. The molecule has 4 aromatic rings. The Labute approximate surface area is 172 Å². The van der Waals surface area contributed by atoms with Crippen molar-refractivity contribution in [3.05, 3.63) is 64.9 Å². The maximum Gasteiger partial charge on any atom is 0.266 e. The Morgan fingerprint density at radius 2 is 2.03 bits per heavy atom. The molecule has 3 heterocycles. The highest BCUT2D eigenvalue weighted by molar-refractivity contribution is 7.20. The summed E-state index contributed by atoms with van der Waals surface area (Å²) in [5.74, 6) is 1.17. The first-order chi connectivity index (χ1) is 14.0. The van der Waals surface area contributed by atoms with Gasteiger partial charge in [0, 0.05) is 23.5 Å². The van der Waals surface area contributed by atoms with Crippen LogP contribution in [-0.4, -0.2) is 32.0 Å². The van der Waals surface area contributed by atoms with Crippen molar-refractivity contribution in [2.75, 3.05) is 11.9 Å². The first-order valence-corrected chi connectivity index (χ1v) is 10.1. The molecule has 0 fully saturated rings. The third-order valence-corrected chi connectivity index (χ3v) is 5.78. The van der Waals surface area contributed by atoms with Crippen molar-refractivity contribution in [2.45, 2.75) is 27.3 Å². The molecular weight excluding hydrogens is 386 g/mol. The van der Waals surface area contributed by atoms with Gasteiger partial charge in [-0.05, 0) is 38.5 Å². The Bertz CT molecular complexity index is 1170. The van der Waals surface area contributed by atoms with Crippen molar-refractivity contribution in [2.24, 2.45) is 0 Å². The molecule has 0 aliphatic carbocycles. The van der Waals surface area contributed by atoms with E-state index in [-0.39, 0.29) is 5.91 Å². The fraction of sp³-hybridized carbons (Fsp3) is 0.238. The molecule has 1 amide bonds. The van der Waals surface area contributed by atoms with Gasteiger partial charge < -0.3 is 14.6 Å². The van der Waals surface area contributed by atoms with Crippen molar-refractivity contribution < 1.29 is 9.53 Å². The van der Waals surface area contributed by atoms with E-state index in [0.717, 1.165) is 21.5 Å². The molecule has 1 aromatic carbocycles. The second-order valence-corrected chi connectivity index (χ2v) is 7.69. The van der Waals surface area contributed by atoms with Crippen LogP contribution in [0.15, 0.2) is 43.0 Å². The number of carbonyl (C=O) groups is 1. The Kier molecular flexibility index (Phi) is 5.26. The summed E-state index contributed by atoms with van der Waals surface area (Å²) >= 11 is 1.39. The summed E-state index contributed by atoms with van der Waals surface area (Å²) in [5.41, 5.74) is 2.43. The van der Waals surface area contributed by atoms with Crippen LogP contribution in [-0.2, 0) is 6.54 Å². The van der Waals surface area contributed by atoms with Crippen molar-refractivity contribution in [1.29, 1.82) is 0 Å². The zero-order valence-electron chi connectivity index (χ0n) is 16.5. The highest BCUT2D eigenvalue weighted by atomic mass is 32.1. The average Bonchev–Trinajstić information content (AvgIpc) is 3.31. The van der Waals surface area contributed by atoms with Crippen LogP contribution < -0.4 is 10.1 Å². The van der Waals surface area contributed by atoms with E-state index in [9.17, 15) is 4.79 Å². The average molecular weight is 407 g/mol. The number of imidazole rings is 1. The molecule has 7 nitrogen and oxygen atoms in total. The van der Waals surface area contributed by atoms with Crippen LogP contribution in [0.5, 0.6) is 5.75 Å². The summed E-state index contributed by atoms with van der Waals surface area (Å²) in [6.45, 7) is 6.89. The van der Waals surface area contributed by atoms with Gasteiger partial charge in [0.05, 0.1) is 23.4 Å². The lowest BCUT2D eigenvalue weighted by molar-refractivity contribution is 0.102. The van der Waals surface area contributed by atoms with Gasteiger partial charge in [-0.2, -0.15) is 0 Å². The van der Waals surface area contributed by atoms with Crippen LogP contribution >= 0.6 is 11.3 Å². The highest BCUT2D eigenvalue weighted by Gasteiger charge is 2.19. The van der Waals surface area contributed by atoms with E-state index in [1.54, 1.807) is 12.5 Å². The van der Waals surface area contributed by atoms with E-state index in [2.05, 4.69) is 20.3 Å². The number of fused-ring (bicyclic) bond motifs is 1. The Hall–Kier alpha value is -3.26. The summed E-state index contributed by atoms with van der Waals surface area (Å²) in [5, 5.41) is 3.94. The first kappa shape index (κ1) is 19.1. The fourth-order valence-electron chi connectivity index (χ4n) is 3.25. The summed E-state index contributed by atoms with van der Waals surface area (Å²) < 4.78 is 7.83. The molecular formula is C21H21N5O2S. The number of thiophene rings is 1. The third kappa shape index (κ3) is 3.97. The minimum atomic E-state index is -0.173. The van der Waals surface area contributed by atoms with Crippen LogP contribution in [0.4, 0.5) is 5.69 Å². The van der Waals surface area contributed by atoms with Gasteiger partial charge in [-0.15, -0.1) is 11.3 Å². The number of amides is 1. The summed E-state index contributed by atoms with van der Waals surface area (Å²) in [4.78, 5) is 27.4. The molecule has 0 aliphatic rings. The lowest BCUT2D eigenvalue weighted by Crippen LogP contribution is -2.13. The van der Waals surface area contributed by atoms with Crippen LogP contribution in [0.25, 0.3) is 10.2 Å². The van der Waals surface area contributed by atoms with Crippen LogP contribution in [0, 0.1) is 20.8 Å². The maximum atomic E-state index is 13.0. The fourth-order valence-corrected chi connectivity index (χ4v) is 4.42. The summed E-state index contributed by atoms with van der Waals surface area (Å²) in [7, 11) is 0. The topological polar surface area (TPSA) is 81.9 Å². The van der Waals surface area contributed by atoms with Gasteiger partial charge in [0.25, 0.3) is 5.91 Å². The van der Waals surface area contributed by atoms with E-state index in [1.807, 2.05) is 55.8 Å². The molecule has 4 rings (SSSR count). The van der Waals surface area contributed by atoms with Gasteiger partial charge >= 0.3 is 0 Å². The number of aromatic nitrogens is 4. The Morgan fingerprint density at radius 3 is 2.83 bits per heavy atom. The third-order valence-electron chi connectivity index (χ3n) is 4.59. The van der Waals surface area contributed by atoms with E-state index in [0.29, 0.717) is 35.3 Å². The van der Waals surface area contributed by atoms with Crippen molar-refractivity contribution >= 4 is 33.1 Å². The Morgan fingerprint density at radius 1 is 1.21 bits per heavy atom. The van der Waals surface area contributed by atoms with Gasteiger partial charge in [0.15, 0.2) is 0 Å². The van der Waals surface area contributed by atoms with Crippen molar-refractivity contribution in [3.8, 4) is 5.75 Å². The standard InChI is InChI=1S/C21H21N5O2S/c1-13-18-14(2)23-15(3)24-21(18)29-19(13)20(27)25-16-6-4-5-7-17(16)28-11-10-26-9-8-22-12-26/h4-9,12H,10-11H2,1-3H3,(H,25,27). The highest BCUT2D eigenvalue weighted by Crippen LogP contribution is 2.32. The van der Waals surface area contributed by atoms with E-state index < -0.39 is 0 Å². The van der Waals surface area contributed by atoms with Crippen molar-refractivity contribution in [3.63, 3.8) is 0 Å². The molecule has 0 unspecified atom stereocenters. The van der Waals surface area contributed by atoms with Crippen LogP contribution in [0.2, 0.25) is 0 Å². The monoisotopic (exact) mass is 407 g/mol. The molecule has 1 N–H and O–H groups in total. The van der Waals surface area contributed by atoms with Crippen LogP contribution in [0.1, 0.15) is 26.8 Å². The van der Waals surface area contributed by atoms with Gasteiger partial charge in [-0.1, -0.05) is 12.1 Å². The second-order valence-electron chi connectivity index (χ2n) is 6.69. The number of nitrogens with one attached hydrogen (secondary N) is 1. The van der Waals surface area contributed by atoms with E-state index in [1.165, 1.54) is 11.3 Å². The van der Waals surface area contributed by atoms with Crippen LogP contribution in [0.3, 0.4) is 0 Å². The number of anilines is 1. The normalized spacial score (nSPS) is 11.0. The largest absolute Gasteiger partial charge is 0.490 e. The molecule has 0 saturated heterocycles. The first-order valence-electron chi connectivity index (χ1n) is 9.26. The maximum absolute atomic E-state index is 13.0. The van der Waals surface area contributed by atoms with Gasteiger partial charge in [-0.3, -0.25) is 4.79 Å². The lowest BCUT2D eigenvalue weighted by atomic mass is 10.1. The molecule has 8 heteroatoms. The molecule has 0 radical (unpaired) electrons. The summed E-state index contributed by atoms with van der Waals surface area (Å²) in [6.07, 6.45) is 5.36. The zero-order chi connectivity index (χ0) is 20.4. The number of nitrogens with zero attached hydrogens (tertiary/aromatic N) is 4. The molecule has 0 saturated carbocycles. The number of para-hydroxylation sites is 2. The minimum Gasteiger partial charge on any atom is -0.490 e. The molecule has 29 heavy (non-hydrogen) atoms. The number of benzene rings is 1. The van der Waals surface area contributed by atoms with Gasteiger partial charge in [-0.25, -0.2) is 15.0 Å². The number of hydrogen-bond donors (Lipinski definition) is 1. The Balaban J connectivity index is 1.54. The molecule has 148 valence electrons. The van der Waals surface area contributed by atoms with E-state index >= 15 is 0 Å². The predicted molar refractivity (Wildman–Crippen MR) is 114 cm³/mol. The molecule has 0 aliphatic heterocycles. The molecule has 0 spiro atoms. The summed E-state index contributed by atoms with van der Waals surface area (Å²) in [6, 6.07) is 7.44. The van der Waals surface area contributed by atoms with Gasteiger partial charge in [0.1, 0.15) is 23.0 Å². The van der Waals surface area contributed by atoms with Gasteiger partial charge in [0.2, 0.25) is 0 Å². The lowest BCUT2D eigenvalue weighted by Gasteiger charge is -2.12. The predicted octanol–water partition coefficient (Wildman–Crippen LogP) is 4.14. The number of rotatable bonds is 6. The SMILES string of the molecule is Cc1nc(C)c2c(C)c(C(=O)Nc3ccccc3OCCn3ccnc3)sc2n1.